The van der Waals surface area contributed by atoms with E-state index in [1.54, 1.807) is 18.2 Å². The van der Waals surface area contributed by atoms with Crippen LogP contribution in [0.1, 0.15) is 21.5 Å². The number of rotatable bonds is 2. The van der Waals surface area contributed by atoms with Crippen LogP contribution in [0.5, 0.6) is 0 Å². The van der Waals surface area contributed by atoms with E-state index in [0.29, 0.717) is 16.1 Å². The van der Waals surface area contributed by atoms with Crippen LogP contribution in [-0.2, 0) is 0 Å². The Hall–Kier alpha value is -1.67. The van der Waals surface area contributed by atoms with Crippen molar-refractivity contribution < 1.29 is 9.18 Å². The van der Waals surface area contributed by atoms with Crippen LogP contribution in [0, 0.1) is 19.7 Å². The van der Waals surface area contributed by atoms with Crippen molar-refractivity contribution in [2.24, 2.45) is 0 Å². The Morgan fingerprint density at radius 1 is 1.11 bits per heavy atom. The minimum absolute atomic E-state index is 0.322. The molecule has 0 aromatic heterocycles. The SMILES string of the molecule is Cc1cc(-c2cc(Cl)ccc2F)cc(C)c1C=O. The Kier molecular flexibility index (Phi) is 3.48. The summed E-state index contributed by atoms with van der Waals surface area (Å²) >= 11 is 5.88. The number of halogens is 2. The normalized spacial score (nSPS) is 10.4. The Bertz CT molecular complexity index is 597. The number of hydrogen-bond donors (Lipinski definition) is 0. The van der Waals surface area contributed by atoms with Crippen LogP contribution in [-0.4, -0.2) is 6.29 Å². The minimum atomic E-state index is -0.322. The molecule has 0 aliphatic rings. The Labute approximate surface area is 110 Å². The van der Waals surface area contributed by atoms with Crippen molar-refractivity contribution in [2.75, 3.05) is 0 Å². The lowest BCUT2D eigenvalue weighted by atomic mass is 9.96. The zero-order valence-corrected chi connectivity index (χ0v) is 10.9. The predicted molar refractivity (Wildman–Crippen MR) is 71.7 cm³/mol. The van der Waals surface area contributed by atoms with Gasteiger partial charge < -0.3 is 0 Å². The lowest BCUT2D eigenvalue weighted by Gasteiger charge is -2.09. The first-order valence-electron chi connectivity index (χ1n) is 5.55. The van der Waals surface area contributed by atoms with Crippen molar-refractivity contribution in [1.82, 2.24) is 0 Å². The summed E-state index contributed by atoms with van der Waals surface area (Å²) in [5, 5.41) is 0.487. The standard InChI is InChI=1S/C15H12ClFO/c1-9-5-11(6-10(2)14(9)8-18)13-7-12(16)3-4-15(13)17/h3-8H,1-2H3. The number of hydrogen-bond acceptors (Lipinski definition) is 1. The largest absolute Gasteiger partial charge is 0.298 e. The first-order valence-corrected chi connectivity index (χ1v) is 5.92. The van der Waals surface area contributed by atoms with E-state index in [4.69, 9.17) is 11.6 Å². The van der Waals surface area contributed by atoms with E-state index in [0.717, 1.165) is 23.0 Å². The van der Waals surface area contributed by atoms with E-state index < -0.39 is 0 Å². The highest BCUT2D eigenvalue weighted by Gasteiger charge is 2.10. The average Bonchev–Trinajstić information content (AvgIpc) is 2.32. The van der Waals surface area contributed by atoms with Crippen LogP contribution in [0.25, 0.3) is 11.1 Å². The summed E-state index contributed by atoms with van der Waals surface area (Å²) < 4.78 is 13.8. The molecular weight excluding hydrogens is 251 g/mol. The first-order chi connectivity index (χ1) is 8.52. The van der Waals surface area contributed by atoms with Gasteiger partial charge in [0.2, 0.25) is 0 Å². The maximum absolute atomic E-state index is 13.8. The van der Waals surface area contributed by atoms with Crippen molar-refractivity contribution in [1.29, 1.82) is 0 Å². The molecule has 0 heterocycles. The van der Waals surface area contributed by atoms with Crippen molar-refractivity contribution in [2.45, 2.75) is 13.8 Å². The van der Waals surface area contributed by atoms with Crippen molar-refractivity contribution >= 4 is 17.9 Å². The van der Waals surface area contributed by atoms with Crippen LogP contribution in [0.2, 0.25) is 5.02 Å². The molecule has 18 heavy (non-hydrogen) atoms. The highest BCUT2D eigenvalue weighted by Crippen LogP contribution is 2.29. The molecule has 0 amide bonds. The average molecular weight is 263 g/mol. The van der Waals surface area contributed by atoms with E-state index in [1.807, 2.05) is 13.8 Å². The van der Waals surface area contributed by atoms with Gasteiger partial charge >= 0.3 is 0 Å². The third kappa shape index (κ3) is 2.29. The van der Waals surface area contributed by atoms with Gasteiger partial charge in [-0.25, -0.2) is 4.39 Å². The molecule has 0 bridgehead atoms. The van der Waals surface area contributed by atoms with E-state index in [2.05, 4.69) is 0 Å². The third-order valence-electron chi connectivity index (χ3n) is 2.95. The maximum Gasteiger partial charge on any atom is 0.150 e. The lowest BCUT2D eigenvalue weighted by Crippen LogP contribution is -1.94. The highest BCUT2D eigenvalue weighted by molar-refractivity contribution is 6.30. The molecule has 92 valence electrons. The molecule has 0 radical (unpaired) electrons. The smallest absolute Gasteiger partial charge is 0.150 e. The van der Waals surface area contributed by atoms with Gasteiger partial charge in [-0.1, -0.05) is 23.7 Å². The second kappa shape index (κ2) is 4.91. The summed E-state index contributed by atoms with van der Waals surface area (Å²) in [6.45, 7) is 3.67. The molecule has 0 N–H and O–H groups in total. The first kappa shape index (κ1) is 12.8. The summed E-state index contributed by atoms with van der Waals surface area (Å²) in [5.74, 6) is -0.322. The molecule has 2 aromatic rings. The molecule has 0 saturated heterocycles. The lowest BCUT2D eigenvalue weighted by molar-refractivity contribution is 0.112. The summed E-state index contributed by atoms with van der Waals surface area (Å²) in [6, 6.07) is 8.04. The second-order valence-electron chi connectivity index (χ2n) is 4.27. The molecule has 0 spiro atoms. The zero-order chi connectivity index (χ0) is 13.3. The minimum Gasteiger partial charge on any atom is -0.298 e. The molecule has 0 saturated carbocycles. The predicted octanol–water partition coefficient (Wildman–Crippen LogP) is 4.58. The molecule has 0 aliphatic heterocycles. The molecular formula is C15H12ClFO. The van der Waals surface area contributed by atoms with E-state index >= 15 is 0 Å². The molecule has 0 fully saturated rings. The summed E-state index contributed by atoms with van der Waals surface area (Å²) in [5.41, 5.74) is 3.50. The van der Waals surface area contributed by atoms with E-state index in [9.17, 15) is 9.18 Å². The monoisotopic (exact) mass is 262 g/mol. The van der Waals surface area contributed by atoms with Gasteiger partial charge in [-0.15, -0.1) is 0 Å². The van der Waals surface area contributed by atoms with Gasteiger partial charge in [0.05, 0.1) is 0 Å². The summed E-state index contributed by atoms with van der Waals surface area (Å²) in [7, 11) is 0. The number of carbonyl (C=O) groups is 1. The molecule has 0 unspecified atom stereocenters. The highest BCUT2D eigenvalue weighted by atomic mass is 35.5. The van der Waals surface area contributed by atoms with Crippen molar-refractivity contribution in [3.63, 3.8) is 0 Å². The third-order valence-corrected chi connectivity index (χ3v) is 3.19. The van der Waals surface area contributed by atoms with Crippen LogP contribution >= 0.6 is 11.6 Å². The molecule has 2 rings (SSSR count). The number of benzene rings is 2. The van der Waals surface area contributed by atoms with Gasteiger partial charge in [0, 0.05) is 16.1 Å². The fraction of sp³-hybridized carbons (Fsp3) is 0.133. The van der Waals surface area contributed by atoms with Crippen LogP contribution in [0.15, 0.2) is 30.3 Å². The zero-order valence-electron chi connectivity index (χ0n) is 10.1. The van der Waals surface area contributed by atoms with Gasteiger partial charge in [0.1, 0.15) is 5.82 Å². The molecule has 2 aromatic carbocycles. The summed E-state index contributed by atoms with van der Waals surface area (Å²) in [4.78, 5) is 10.9. The Morgan fingerprint density at radius 3 is 2.28 bits per heavy atom. The fourth-order valence-electron chi connectivity index (χ4n) is 2.03. The maximum atomic E-state index is 13.8. The summed E-state index contributed by atoms with van der Waals surface area (Å²) in [6.07, 6.45) is 0.822. The van der Waals surface area contributed by atoms with Crippen molar-refractivity contribution in [3.8, 4) is 11.1 Å². The molecule has 0 aliphatic carbocycles. The van der Waals surface area contributed by atoms with Gasteiger partial charge in [-0.2, -0.15) is 0 Å². The number of aldehydes is 1. The topological polar surface area (TPSA) is 17.1 Å². The Morgan fingerprint density at radius 2 is 1.72 bits per heavy atom. The number of aryl methyl sites for hydroxylation is 2. The van der Waals surface area contributed by atoms with Gasteiger partial charge in [0.15, 0.2) is 6.29 Å². The quantitative estimate of drug-likeness (QED) is 0.724. The molecule has 3 heteroatoms. The van der Waals surface area contributed by atoms with E-state index in [-0.39, 0.29) is 5.82 Å². The van der Waals surface area contributed by atoms with Gasteiger partial charge in [0.25, 0.3) is 0 Å². The van der Waals surface area contributed by atoms with Crippen LogP contribution in [0.3, 0.4) is 0 Å². The second-order valence-corrected chi connectivity index (χ2v) is 4.70. The number of carbonyl (C=O) groups excluding carboxylic acids is 1. The van der Waals surface area contributed by atoms with E-state index in [1.165, 1.54) is 12.1 Å². The fourth-order valence-corrected chi connectivity index (χ4v) is 2.21. The van der Waals surface area contributed by atoms with Gasteiger partial charge in [-0.05, 0) is 48.7 Å². The van der Waals surface area contributed by atoms with Gasteiger partial charge in [-0.3, -0.25) is 4.79 Å². The van der Waals surface area contributed by atoms with Crippen LogP contribution < -0.4 is 0 Å². The Balaban J connectivity index is 2.65. The van der Waals surface area contributed by atoms with Crippen molar-refractivity contribution in [3.05, 3.63) is 57.9 Å². The molecule has 0 atom stereocenters. The van der Waals surface area contributed by atoms with Crippen LogP contribution in [0.4, 0.5) is 4.39 Å². The molecule has 1 nitrogen and oxygen atoms in total.